The molecule has 0 aliphatic carbocycles. The van der Waals surface area contributed by atoms with E-state index in [2.05, 4.69) is 10.0 Å². The van der Waals surface area contributed by atoms with Gasteiger partial charge in [-0.05, 0) is 35.9 Å². The molecular formula is C8H9N3O2S2. The minimum absolute atomic E-state index is 0.338. The van der Waals surface area contributed by atoms with E-state index in [-0.39, 0.29) is 6.04 Å². The predicted octanol–water partition coefficient (Wildman–Crippen LogP) is 2.67. The number of azide groups is 1. The lowest BCUT2D eigenvalue weighted by molar-refractivity contribution is 0.541. The molecular weight excluding hydrogens is 234 g/mol. The van der Waals surface area contributed by atoms with Crippen molar-refractivity contribution in [2.75, 3.05) is 0 Å². The topological polar surface area (TPSA) is 82.9 Å². The van der Waals surface area contributed by atoms with Gasteiger partial charge in [-0.15, -0.1) is 11.3 Å². The largest absolute Gasteiger partial charge is 0.223 e. The van der Waals surface area contributed by atoms with Gasteiger partial charge in [0.25, 0.3) is 0 Å². The van der Waals surface area contributed by atoms with Crippen LogP contribution < -0.4 is 0 Å². The fourth-order valence-corrected chi connectivity index (χ4v) is 4.91. The quantitative estimate of drug-likeness (QED) is 0.431. The fraction of sp³-hybridized carbons (Fsp3) is 0.500. The van der Waals surface area contributed by atoms with Crippen LogP contribution in [-0.2, 0) is 9.84 Å². The van der Waals surface area contributed by atoms with Crippen molar-refractivity contribution in [3.8, 4) is 0 Å². The summed E-state index contributed by atoms with van der Waals surface area (Å²) in [7, 11) is -3.19. The number of sulfone groups is 1. The molecule has 0 aromatic carbocycles. The Bertz CT molecular complexity index is 528. The first kappa shape index (κ1) is 10.5. The molecule has 1 aliphatic heterocycles. The van der Waals surface area contributed by atoms with Gasteiger partial charge < -0.3 is 0 Å². The second-order valence-electron chi connectivity index (χ2n) is 3.48. The van der Waals surface area contributed by atoms with E-state index in [0.717, 1.165) is 0 Å². The van der Waals surface area contributed by atoms with Crippen molar-refractivity contribution in [1.29, 1.82) is 0 Å². The Morgan fingerprint density at radius 2 is 2.40 bits per heavy atom. The summed E-state index contributed by atoms with van der Waals surface area (Å²) in [5.41, 5.74) is 9.06. The van der Waals surface area contributed by atoms with E-state index < -0.39 is 15.1 Å². The Balaban J connectivity index is 2.62. The van der Waals surface area contributed by atoms with Crippen LogP contribution >= 0.6 is 11.3 Å². The van der Waals surface area contributed by atoms with Crippen LogP contribution in [0, 0.1) is 0 Å². The molecule has 1 aliphatic rings. The summed E-state index contributed by atoms with van der Waals surface area (Å²) < 4.78 is 24.1. The maximum atomic E-state index is 11.9. The van der Waals surface area contributed by atoms with Gasteiger partial charge in [0.2, 0.25) is 0 Å². The van der Waals surface area contributed by atoms with E-state index in [1.54, 1.807) is 18.4 Å². The standard InChI is InChI=1S/C8H9N3O2S2/c1-5-4-7(10-11-9)6-2-3-14-8(6)15(5,12)13/h2-3,5,7H,4H2,1H3/t5-,7+/m0/s1. The van der Waals surface area contributed by atoms with Gasteiger partial charge in [0, 0.05) is 4.91 Å². The molecule has 0 spiro atoms. The third-order valence-corrected chi connectivity index (χ3v) is 6.26. The van der Waals surface area contributed by atoms with Crippen molar-refractivity contribution in [3.05, 3.63) is 27.5 Å². The molecule has 0 amide bonds. The molecule has 80 valence electrons. The highest BCUT2D eigenvalue weighted by Crippen LogP contribution is 2.41. The molecule has 0 unspecified atom stereocenters. The van der Waals surface area contributed by atoms with Gasteiger partial charge >= 0.3 is 0 Å². The highest BCUT2D eigenvalue weighted by molar-refractivity contribution is 7.94. The third-order valence-electron chi connectivity index (χ3n) is 2.55. The molecule has 0 fully saturated rings. The second-order valence-corrected chi connectivity index (χ2v) is 6.95. The van der Waals surface area contributed by atoms with Crippen LogP contribution in [0.5, 0.6) is 0 Å². The van der Waals surface area contributed by atoms with Crippen LogP contribution in [0.3, 0.4) is 0 Å². The zero-order chi connectivity index (χ0) is 11.1. The molecule has 15 heavy (non-hydrogen) atoms. The number of hydrogen-bond acceptors (Lipinski definition) is 4. The van der Waals surface area contributed by atoms with Crippen LogP contribution in [0.25, 0.3) is 10.4 Å². The van der Waals surface area contributed by atoms with Crippen LogP contribution in [0.4, 0.5) is 0 Å². The lowest BCUT2D eigenvalue weighted by Gasteiger charge is -2.23. The molecule has 5 nitrogen and oxygen atoms in total. The summed E-state index contributed by atoms with van der Waals surface area (Å²) in [5.74, 6) is 0. The molecule has 0 saturated heterocycles. The van der Waals surface area contributed by atoms with E-state index in [1.807, 2.05) is 0 Å². The van der Waals surface area contributed by atoms with E-state index >= 15 is 0 Å². The van der Waals surface area contributed by atoms with Crippen molar-refractivity contribution in [1.82, 2.24) is 0 Å². The Morgan fingerprint density at radius 1 is 1.67 bits per heavy atom. The summed E-state index contributed by atoms with van der Waals surface area (Å²) in [4.78, 5) is 2.75. The average Bonchev–Trinajstić information content (AvgIpc) is 2.64. The van der Waals surface area contributed by atoms with Gasteiger partial charge in [0.05, 0.1) is 11.3 Å². The van der Waals surface area contributed by atoms with Crippen LogP contribution in [-0.4, -0.2) is 13.7 Å². The highest BCUT2D eigenvalue weighted by Gasteiger charge is 2.36. The fourth-order valence-electron chi connectivity index (χ4n) is 1.71. The SMILES string of the molecule is C[C@H]1C[C@@H](N=[N+]=[N-])c2ccsc2S1(=O)=O. The molecule has 2 atom stereocenters. The summed E-state index contributed by atoms with van der Waals surface area (Å²) in [5, 5.41) is 4.89. The van der Waals surface area contributed by atoms with Crippen LogP contribution in [0.2, 0.25) is 0 Å². The molecule has 2 rings (SSSR count). The van der Waals surface area contributed by atoms with Gasteiger partial charge in [-0.3, -0.25) is 0 Å². The van der Waals surface area contributed by atoms with E-state index in [4.69, 9.17) is 5.53 Å². The van der Waals surface area contributed by atoms with Gasteiger partial charge in [-0.25, -0.2) is 8.42 Å². The zero-order valence-electron chi connectivity index (χ0n) is 7.99. The molecule has 0 bridgehead atoms. The second kappa shape index (κ2) is 3.52. The van der Waals surface area contributed by atoms with Crippen LogP contribution in [0.1, 0.15) is 24.9 Å². The first-order chi connectivity index (χ1) is 7.07. The van der Waals surface area contributed by atoms with Crippen LogP contribution in [0.15, 0.2) is 20.8 Å². The maximum absolute atomic E-state index is 11.9. The highest BCUT2D eigenvalue weighted by atomic mass is 32.2. The number of nitrogens with zero attached hydrogens (tertiary/aromatic N) is 3. The Kier molecular flexibility index (Phi) is 2.46. The predicted molar refractivity (Wildman–Crippen MR) is 57.5 cm³/mol. The lowest BCUT2D eigenvalue weighted by atomic mass is 10.1. The number of thiophene rings is 1. The number of fused-ring (bicyclic) bond motifs is 1. The summed E-state index contributed by atoms with van der Waals surface area (Å²) in [6.07, 6.45) is 0.371. The average molecular weight is 243 g/mol. The number of rotatable bonds is 1. The van der Waals surface area contributed by atoms with E-state index in [1.165, 1.54) is 11.3 Å². The Labute approximate surface area is 91.3 Å². The molecule has 0 saturated carbocycles. The normalized spacial score (nSPS) is 27.8. The molecule has 2 heterocycles. The first-order valence-corrected chi connectivity index (χ1v) is 6.85. The van der Waals surface area contributed by atoms with E-state index in [9.17, 15) is 8.42 Å². The molecule has 0 radical (unpaired) electrons. The molecule has 0 N–H and O–H groups in total. The molecule has 1 aromatic heterocycles. The monoisotopic (exact) mass is 243 g/mol. The van der Waals surface area contributed by atoms with Gasteiger partial charge in [-0.2, -0.15) is 0 Å². The van der Waals surface area contributed by atoms with Gasteiger partial charge in [0.1, 0.15) is 4.21 Å². The summed E-state index contributed by atoms with van der Waals surface area (Å²) in [6.45, 7) is 1.65. The smallest absolute Gasteiger partial charge is 0.190 e. The van der Waals surface area contributed by atoms with E-state index in [0.29, 0.717) is 16.2 Å². The molecule has 1 aromatic rings. The van der Waals surface area contributed by atoms with Gasteiger partial charge in [-0.1, -0.05) is 5.11 Å². The minimum atomic E-state index is -3.19. The molecule has 7 heteroatoms. The van der Waals surface area contributed by atoms with Crippen molar-refractivity contribution in [2.24, 2.45) is 5.11 Å². The lowest BCUT2D eigenvalue weighted by Crippen LogP contribution is -2.25. The first-order valence-electron chi connectivity index (χ1n) is 4.43. The summed E-state index contributed by atoms with van der Waals surface area (Å²) in [6, 6.07) is 1.39. The summed E-state index contributed by atoms with van der Waals surface area (Å²) >= 11 is 1.19. The van der Waals surface area contributed by atoms with Gasteiger partial charge in [0.15, 0.2) is 9.84 Å². The van der Waals surface area contributed by atoms with Crippen molar-refractivity contribution < 1.29 is 8.42 Å². The van der Waals surface area contributed by atoms with Crippen molar-refractivity contribution in [3.63, 3.8) is 0 Å². The Hall–Kier alpha value is -1.04. The number of hydrogen-bond donors (Lipinski definition) is 0. The third kappa shape index (κ3) is 1.52. The maximum Gasteiger partial charge on any atom is 0.190 e. The minimum Gasteiger partial charge on any atom is -0.223 e. The van der Waals surface area contributed by atoms with Crippen molar-refractivity contribution >= 4 is 21.2 Å². The van der Waals surface area contributed by atoms with Crippen molar-refractivity contribution in [2.45, 2.75) is 28.8 Å². The Morgan fingerprint density at radius 3 is 3.07 bits per heavy atom. The zero-order valence-corrected chi connectivity index (χ0v) is 9.62.